The number of amides is 1. The van der Waals surface area contributed by atoms with Gasteiger partial charge in [-0.2, -0.15) is 5.26 Å². The fraction of sp³-hybridized carbons (Fsp3) is 0.348. The Labute approximate surface area is 175 Å². The minimum absolute atomic E-state index is 0.103. The molecule has 2 aromatic rings. The van der Waals surface area contributed by atoms with Gasteiger partial charge >= 0.3 is 5.97 Å². The molecule has 0 saturated carbocycles. The molecule has 7 nitrogen and oxygen atoms in total. The molecule has 1 heterocycles. The summed E-state index contributed by atoms with van der Waals surface area (Å²) >= 11 is 0. The number of hydrogen-bond donors (Lipinski definition) is 0. The molecule has 3 rings (SSSR count). The van der Waals surface area contributed by atoms with Crippen LogP contribution in [0.5, 0.6) is 11.5 Å². The lowest BCUT2D eigenvalue weighted by Gasteiger charge is -2.40. The average molecular weight is 408 g/mol. The lowest BCUT2D eigenvalue weighted by molar-refractivity contribution is -0.153. The smallest absolute Gasteiger partial charge is 0.312 e. The largest absolute Gasteiger partial charge is 0.497 e. The van der Waals surface area contributed by atoms with E-state index in [0.717, 1.165) is 0 Å². The van der Waals surface area contributed by atoms with Gasteiger partial charge in [0.15, 0.2) is 6.10 Å². The minimum Gasteiger partial charge on any atom is -0.497 e. The summed E-state index contributed by atoms with van der Waals surface area (Å²) in [7, 11) is 3.12. The number of nitrogens with zero attached hydrogens (tertiary/aromatic N) is 2. The van der Waals surface area contributed by atoms with E-state index < -0.39 is 24.0 Å². The molecule has 0 aliphatic carbocycles. The number of hydrogen-bond acceptors (Lipinski definition) is 6. The molecular formula is C23H24N2O5. The number of para-hydroxylation sites is 1. The third-order valence-corrected chi connectivity index (χ3v) is 5.18. The van der Waals surface area contributed by atoms with E-state index in [1.54, 1.807) is 49.5 Å². The Balaban J connectivity index is 2.10. The SMILES string of the molecule is COc1ccc(N2C(=O)CC[C@@H](C(=O)O[C@@H](C)C#N)[C@H]2c2ccccc2OC)cc1. The summed E-state index contributed by atoms with van der Waals surface area (Å²) in [5.74, 6) is -0.0194. The first-order valence-corrected chi connectivity index (χ1v) is 9.69. The third kappa shape index (κ3) is 4.23. The Morgan fingerprint density at radius 3 is 2.47 bits per heavy atom. The van der Waals surface area contributed by atoms with E-state index in [4.69, 9.17) is 19.5 Å². The predicted octanol–water partition coefficient (Wildman–Crippen LogP) is 3.64. The van der Waals surface area contributed by atoms with Crippen molar-refractivity contribution in [3.63, 3.8) is 0 Å². The molecule has 7 heteroatoms. The molecule has 0 unspecified atom stereocenters. The lowest BCUT2D eigenvalue weighted by atomic mass is 9.83. The monoisotopic (exact) mass is 408 g/mol. The topological polar surface area (TPSA) is 88.9 Å². The Morgan fingerprint density at radius 1 is 1.13 bits per heavy atom. The van der Waals surface area contributed by atoms with Crippen LogP contribution in [0.25, 0.3) is 0 Å². The molecule has 0 radical (unpaired) electrons. The highest BCUT2D eigenvalue weighted by Gasteiger charge is 2.43. The van der Waals surface area contributed by atoms with E-state index in [0.29, 0.717) is 29.2 Å². The van der Waals surface area contributed by atoms with Crippen molar-refractivity contribution in [2.24, 2.45) is 5.92 Å². The summed E-state index contributed by atoms with van der Waals surface area (Å²) in [5, 5.41) is 9.04. The Morgan fingerprint density at radius 2 is 1.83 bits per heavy atom. The van der Waals surface area contributed by atoms with Gasteiger partial charge in [-0.25, -0.2) is 0 Å². The second-order valence-corrected chi connectivity index (χ2v) is 7.00. The molecule has 1 fully saturated rings. The maximum absolute atomic E-state index is 13.0. The summed E-state index contributed by atoms with van der Waals surface area (Å²) in [4.78, 5) is 27.6. The zero-order valence-corrected chi connectivity index (χ0v) is 17.2. The highest BCUT2D eigenvalue weighted by Crippen LogP contribution is 2.43. The number of nitriles is 1. The first kappa shape index (κ1) is 21.2. The minimum atomic E-state index is -0.872. The predicted molar refractivity (Wildman–Crippen MR) is 110 cm³/mol. The number of methoxy groups -OCH3 is 2. The first-order valence-electron chi connectivity index (χ1n) is 9.69. The summed E-state index contributed by atoms with van der Waals surface area (Å²) in [6.45, 7) is 1.52. The van der Waals surface area contributed by atoms with Gasteiger partial charge in [0.2, 0.25) is 5.91 Å². The van der Waals surface area contributed by atoms with Crippen LogP contribution < -0.4 is 14.4 Å². The third-order valence-electron chi connectivity index (χ3n) is 5.18. The van der Waals surface area contributed by atoms with Crippen molar-refractivity contribution in [2.75, 3.05) is 19.1 Å². The van der Waals surface area contributed by atoms with Gasteiger partial charge in [0.25, 0.3) is 0 Å². The van der Waals surface area contributed by atoms with Crippen molar-refractivity contribution < 1.29 is 23.8 Å². The fourth-order valence-corrected chi connectivity index (χ4v) is 3.74. The van der Waals surface area contributed by atoms with Crippen LogP contribution in [-0.4, -0.2) is 32.2 Å². The van der Waals surface area contributed by atoms with Crippen LogP contribution in [0.1, 0.15) is 31.4 Å². The van der Waals surface area contributed by atoms with Gasteiger partial charge in [-0.1, -0.05) is 18.2 Å². The number of rotatable bonds is 6. The molecule has 0 aromatic heterocycles. The number of anilines is 1. The zero-order valence-electron chi connectivity index (χ0n) is 17.2. The number of ether oxygens (including phenoxy) is 3. The van der Waals surface area contributed by atoms with E-state index >= 15 is 0 Å². The average Bonchev–Trinajstić information content (AvgIpc) is 2.78. The number of esters is 1. The van der Waals surface area contributed by atoms with E-state index in [2.05, 4.69) is 0 Å². The van der Waals surface area contributed by atoms with Gasteiger partial charge in [-0.15, -0.1) is 0 Å². The van der Waals surface area contributed by atoms with Crippen LogP contribution in [0.4, 0.5) is 5.69 Å². The molecule has 1 saturated heterocycles. The van der Waals surface area contributed by atoms with Gasteiger partial charge < -0.3 is 19.1 Å². The highest BCUT2D eigenvalue weighted by molar-refractivity contribution is 5.97. The van der Waals surface area contributed by atoms with Gasteiger partial charge in [0.1, 0.15) is 17.6 Å². The molecular weight excluding hydrogens is 384 g/mol. The maximum Gasteiger partial charge on any atom is 0.312 e. The Hall–Kier alpha value is -3.53. The van der Waals surface area contributed by atoms with Crippen molar-refractivity contribution in [3.8, 4) is 17.6 Å². The van der Waals surface area contributed by atoms with Gasteiger partial charge in [-0.3, -0.25) is 9.59 Å². The van der Waals surface area contributed by atoms with Crippen LogP contribution in [0.2, 0.25) is 0 Å². The Bertz CT molecular complexity index is 951. The summed E-state index contributed by atoms with van der Waals surface area (Å²) in [5.41, 5.74) is 1.35. The van der Waals surface area contributed by atoms with Gasteiger partial charge in [0, 0.05) is 17.7 Å². The van der Waals surface area contributed by atoms with Gasteiger partial charge in [0.05, 0.1) is 26.2 Å². The first-order chi connectivity index (χ1) is 14.5. The molecule has 0 spiro atoms. The van der Waals surface area contributed by atoms with Crippen molar-refractivity contribution >= 4 is 17.6 Å². The normalized spacial score (nSPS) is 19.5. The standard InChI is InChI=1S/C23H24N2O5/c1-15(14-24)30-23(27)19-12-13-21(26)25(16-8-10-17(28-2)11-9-16)22(19)18-6-4-5-7-20(18)29-3/h4-11,15,19,22H,12-13H2,1-3H3/t15-,19+,22+/m0/s1. The maximum atomic E-state index is 13.0. The number of piperidine rings is 1. The van der Waals surface area contributed by atoms with Crippen molar-refractivity contribution in [1.82, 2.24) is 0 Å². The van der Waals surface area contributed by atoms with Crippen LogP contribution in [0.3, 0.4) is 0 Å². The lowest BCUT2D eigenvalue weighted by Crippen LogP contribution is -2.46. The van der Waals surface area contributed by atoms with E-state index in [1.165, 1.54) is 6.92 Å². The molecule has 1 aliphatic heterocycles. The second kappa shape index (κ2) is 9.31. The Kier molecular flexibility index (Phi) is 6.58. The molecule has 3 atom stereocenters. The molecule has 2 aromatic carbocycles. The fourth-order valence-electron chi connectivity index (χ4n) is 3.74. The number of carbonyl (C=O) groups is 2. The van der Waals surface area contributed by atoms with Crippen molar-refractivity contribution in [3.05, 3.63) is 54.1 Å². The summed E-state index contributed by atoms with van der Waals surface area (Å²) in [6.07, 6.45) is -0.355. The molecule has 30 heavy (non-hydrogen) atoms. The molecule has 0 N–H and O–H groups in total. The number of carbonyl (C=O) groups excluding carboxylic acids is 2. The van der Waals surface area contributed by atoms with Crippen LogP contribution in [-0.2, 0) is 14.3 Å². The molecule has 156 valence electrons. The van der Waals surface area contributed by atoms with Gasteiger partial charge in [-0.05, 0) is 43.7 Å². The van der Waals surface area contributed by atoms with E-state index in [9.17, 15) is 9.59 Å². The van der Waals surface area contributed by atoms with Crippen molar-refractivity contribution in [2.45, 2.75) is 31.9 Å². The van der Waals surface area contributed by atoms with E-state index in [-0.39, 0.29) is 12.3 Å². The quantitative estimate of drug-likeness (QED) is 0.678. The summed E-state index contributed by atoms with van der Waals surface area (Å²) < 4.78 is 16.1. The van der Waals surface area contributed by atoms with Crippen LogP contribution in [0.15, 0.2) is 48.5 Å². The van der Waals surface area contributed by atoms with Crippen molar-refractivity contribution in [1.29, 1.82) is 5.26 Å². The van der Waals surface area contributed by atoms with Crippen LogP contribution >= 0.6 is 0 Å². The zero-order chi connectivity index (χ0) is 21.7. The highest BCUT2D eigenvalue weighted by atomic mass is 16.5. The molecule has 0 bridgehead atoms. The van der Waals surface area contributed by atoms with Crippen LogP contribution in [0, 0.1) is 17.2 Å². The summed E-state index contributed by atoms with van der Waals surface area (Å²) in [6, 6.07) is 15.7. The second-order valence-electron chi connectivity index (χ2n) is 7.00. The van der Waals surface area contributed by atoms with E-state index in [1.807, 2.05) is 24.3 Å². The number of benzene rings is 2. The molecule has 1 aliphatic rings. The molecule has 1 amide bonds.